The molecule has 1 aromatic carbocycles. The van der Waals surface area contributed by atoms with Crippen molar-refractivity contribution in [1.29, 1.82) is 0 Å². The second-order valence-corrected chi connectivity index (χ2v) is 10.9. The third kappa shape index (κ3) is 4.53. The van der Waals surface area contributed by atoms with Gasteiger partial charge in [0.15, 0.2) is 5.65 Å². The quantitative estimate of drug-likeness (QED) is 0.428. The largest absolute Gasteiger partial charge is 0.474 e. The predicted octanol–water partition coefficient (Wildman–Crippen LogP) is 3.91. The van der Waals surface area contributed by atoms with Crippen LogP contribution in [0.25, 0.3) is 16.4 Å². The molecule has 0 bridgehead atoms. The number of anilines is 1. The summed E-state index contributed by atoms with van der Waals surface area (Å²) in [6.45, 7) is 2.87. The van der Waals surface area contributed by atoms with Gasteiger partial charge in [-0.1, -0.05) is 23.7 Å². The van der Waals surface area contributed by atoms with Crippen LogP contribution in [-0.2, 0) is 10.0 Å². The third-order valence-corrected chi connectivity index (χ3v) is 7.67. The standard InChI is InChI=1S/C23H25ClN6O3S/c1-15(27-19-6-9-26-30-13-10-25-22(19)30)20-14-16-4-3-5-18(24)21(16)23(28-20)33-17-7-11-29(12-8-17)34(2,31)32/h3-6,9-10,13-15,17,27H,7-8,11-12H2,1-2H3. The van der Waals surface area contributed by atoms with Crippen LogP contribution in [0.15, 0.2) is 48.9 Å². The van der Waals surface area contributed by atoms with E-state index in [0.717, 1.165) is 27.8 Å². The first-order chi connectivity index (χ1) is 16.3. The molecule has 11 heteroatoms. The highest BCUT2D eigenvalue weighted by atomic mass is 35.5. The van der Waals surface area contributed by atoms with Crippen molar-refractivity contribution >= 4 is 43.7 Å². The van der Waals surface area contributed by atoms with Gasteiger partial charge in [0, 0.05) is 25.5 Å². The van der Waals surface area contributed by atoms with Gasteiger partial charge in [-0.15, -0.1) is 0 Å². The molecule has 1 aliphatic heterocycles. The summed E-state index contributed by atoms with van der Waals surface area (Å²) < 4.78 is 33.2. The van der Waals surface area contributed by atoms with Crippen LogP contribution in [0.2, 0.25) is 5.02 Å². The number of imidazole rings is 1. The van der Waals surface area contributed by atoms with Gasteiger partial charge in [-0.3, -0.25) is 0 Å². The molecule has 1 N–H and O–H groups in total. The van der Waals surface area contributed by atoms with Crippen LogP contribution >= 0.6 is 11.6 Å². The Hall–Kier alpha value is -2.95. The number of pyridine rings is 1. The molecule has 1 unspecified atom stereocenters. The van der Waals surface area contributed by atoms with Gasteiger partial charge in [0.1, 0.15) is 6.10 Å². The van der Waals surface area contributed by atoms with E-state index in [1.54, 1.807) is 23.1 Å². The van der Waals surface area contributed by atoms with Crippen LogP contribution in [0.4, 0.5) is 5.69 Å². The molecule has 1 aliphatic rings. The van der Waals surface area contributed by atoms with Crippen LogP contribution in [0.1, 0.15) is 31.5 Å². The SMILES string of the molecule is CC(Nc1ccnn2ccnc12)c1cc2cccc(Cl)c2c(OC2CCN(S(C)(=O)=O)CC2)n1. The molecule has 4 heterocycles. The molecule has 0 spiro atoms. The van der Waals surface area contributed by atoms with E-state index >= 15 is 0 Å². The molecular weight excluding hydrogens is 476 g/mol. The lowest BCUT2D eigenvalue weighted by molar-refractivity contribution is 0.132. The molecular formula is C23H25ClN6O3S. The number of sulfonamides is 1. The zero-order valence-corrected chi connectivity index (χ0v) is 20.4. The van der Waals surface area contributed by atoms with Crippen molar-refractivity contribution in [3.8, 4) is 5.88 Å². The molecule has 9 nitrogen and oxygen atoms in total. The smallest absolute Gasteiger partial charge is 0.223 e. The van der Waals surface area contributed by atoms with E-state index in [4.69, 9.17) is 21.3 Å². The fourth-order valence-corrected chi connectivity index (χ4v) is 5.39. The van der Waals surface area contributed by atoms with E-state index in [2.05, 4.69) is 15.4 Å². The van der Waals surface area contributed by atoms with Gasteiger partial charge in [-0.25, -0.2) is 27.2 Å². The number of hydrogen-bond acceptors (Lipinski definition) is 7. The van der Waals surface area contributed by atoms with Crippen LogP contribution in [-0.4, -0.2) is 57.8 Å². The second kappa shape index (κ2) is 9.01. The average molecular weight is 501 g/mol. The molecule has 0 saturated carbocycles. The summed E-state index contributed by atoms with van der Waals surface area (Å²) in [5.74, 6) is 0.463. The summed E-state index contributed by atoms with van der Waals surface area (Å²) >= 11 is 6.54. The summed E-state index contributed by atoms with van der Waals surface area (Å²) in [5.41, 5.74) is 2.36. The second-order valence-electron chi connectivity index (χ2n) is 8.48. The Labute approximate surface area is 202 Å². The van der Waals surface area contributed by atoms with Gasteiger partial charge >= 0.3 is 0 Å². The van der Waals surface area contributed by atoms with Crippen molar-refractivity contribution in [3.05, 3.63) is 59.6 Å². The van der Waals surface area contributed by atoms with Gasteiger partial charge in [0.2, 0.25) is 15.9 Å². The van der Waals surface area contributed by atoms with Gasteiger partial charge in [0.25, 0.3) is 0 Å². The van der Waals surface area contributed by atoms with Crippen molar-refractivity contribution < 1.29 is 13.2 Å². The number of nitrogens with one attached hydrogen (secondary N) is 1. The number of benzene rings is 1. The van der Waals surface area contributed by atoms with E-state index in [0.29, 0.717) is 36.8 Å². The maximum absolute atomic E-state index is 11.8. The van der Waals surface area contributed by atoms with Crippen molar-refractivity contribution in [2.45, 2.75) is 31.9 Å². The maximum atomic E-state index is 11.8. The number of halogens is 1. The lowest BCUT2D eigenvalue weighted by Gasteiger charge is -2.30. The minimum absolute atomic E-state index is 0.145. The highest BCUT2D eigenvalue weighted by Crippen LogP contribution is 2.35. The Balaban J connectivity index is 1.44. The monoisotopic (exact) mass is 500 g/mol. The lowest BCUT2D eigenvalue weighted by atomic mass is 10.1. The summed E-state index contributed by atoms with van der Waals surface area (Å²) in [5, 5.41) is 9.97. The number of hydrogen-bond donors (Lipinski definition) is 1. The Morgan fingerprint density at radius 1 is 1.21 bits per heavy atom. The zero-order chi connectivity index (χ0) is 23.9. The summed E-state index contributed by atoms with van der Waals surface area (Å²) in [6, 6.07) is 9.43. The number of ether oxygens (including phenoxy) is 1. The molecule has 5 rings (SSSR count). The van der Waals surface area contributed by atoms with Crippen LogP contribution in [0.3, 0.4) is 0 Å². The molecule has 1 atom stereocenters. The highest BCUT2D eigenvalue weighted by molar-refractivity contribution is 7.88. The Morgan fingerprint density at radius 3 is 2.76 bits per heavy atom. The Bertz CT molecular complexity index is 1450. The normalized spacial score (nSPS) is 16.7. The number of piperidine rings is 1. The van der Waals surface area contributed by atoms with Gasteiger partial charge in [-0.2, -0.15) is 5.10 Å². The third-order valence-electron chi connectivity index (χ3n) is 6.05. The van der Waals surface area contributed by atoms with Gasteiger partial charge in [-0.05, 0) is 43.4 Å². The van der Waals surface area contributed by atoms with E-state index in [1.165, 1.54) is 10.6 Å². The van der Waals surface area contributed by atoms with Crippen LogP contribution < -0.4 is 10.1 Å². The number of aromatic nitrogens is 4. The predicted molar refractivity (Wildman–Crippen MR) is 132 cm³/mol. The topological polar surface area (TPSA) is 102 Å². The van der Waals surface area contributed by atoms with Crippen molar-refractivity contribution in [3.63, 3.8) is 0 Å². The maximum Gasteiger partial charge on any atom is 0.223 e. The Kier molecular flexibility index (Phi) is 6.05. The highest BCUT2D eigenvalue weighted by Gasteiger charge is 2.27. The van der Waals surface area contributed by atoms with Crippen LogP contribution in [0, 0.1) is 0 Å². The van der Waals surface area contributed by atoms with Crippen molar-refractivity contribution in [1.82, 2.24) is 23.9 Å². The minimum atomic E-state index is -3.20. The van der Waals surface area contributed by atoms with E-state index in [-0.39, 0.29) is 12.1 Å². The summed E-state index contributed by atoms with van der Waals surface area (Å²) in [4.78, 5) is 9.22. The number of fused-ring (bicyclic) bond motifs is 2. The number of nitrogens with zero attached hydrogens (tertiary/aromatic N) is 5. The van der Waals surface area contributed by atoms with Crippen molar-refractivity contribution in [2.24, 2.45) is 0 Å². The van der Waals surface area contributed by atoms with E-state index in [9.17, 15) is 8.42 Å². The molecule has 0 radical (unpaired) electrons. The molecule has 0 aliphatic carbocycles. The van der Waals surface area contributed by atoms with Gasteiger partial charge in [0.05, 0.1) is 40.3 Å². The zero-order valence-electron chi connectivity index (χ0n) is 18.8. The Morgan fingerprint density at radius 2 is 2.00 bits per heavy atom. The molecule has 4 aromatic rings. The fraction of sp³-hybridized carbons (Fsp3) is 0.348. The molecule has 178 valence electrons. The summed E-state index contributed by atoms with van der Waals surface area (Å²) in [7, 11) is -3.20. The summed E-state index contributed by atoms with van der Waals surface area (Å²) in [6.07, 6.45) is 7.49. The lowest BCUT2D eigenvalue weighted by Crippen LogP contribution is -2.41. The van der Waals surface area contributed by atoms with E-state index in [1.807, 2.05) is 37.3 Å². The average Bonchev–Trinajstić information content (AvgIpc) is 3.29. The van der Waals surface area contributed by atoms with Crippen LogP contribution in [0.5, 0.6) is 5.88 Å². The minimum Gasteiger partial charge on any atom is -0.474 e. The fourth-order valence-electron chi connectivity index (χ4n) is 4.26. The molecule has 1 saturated heterocycles. The van der Waals surface area contributed by atoms with Crippen molar-refractivity contribution in [2.75, 3.05) is 24.7 Å². The van der Waals surface area contributed by atoms with Gasteiger partial charge < -0.3 is 10.1 Å². The first kappa shape index (κ1) is 22.8. The molecule has 3 aromatic heterocycles. The molecule has 1 fully saturated rings. The molecule has 0 amide bonds. The first-order valence-electron chi connectivity index (χ1n) is 11.1. The number of rotatable bonds is 6. The van der Waals surface area contributed by atoms with E-state index < -0.39 is 10.0 Å². The first-order valence-corrected chi connectivity index (χ1v) is 13.3. The molecule has 34 heavy (non-hydrogen) atoms.